The monoisotopic (exact) mass is 394 g/mol. The van der Waals surface area contributed by atoms with Crippen LogP contribution in [0.1, 0.15) is 18.0 Å². The number of hydrogen-bond donors (Lipinski definition) is 0. The van der Waals surface area contributed by atoms with E-state index in [0.29, 0.717) is 6.54 Å². The number of piperazine rings is 1. The van der Waals surface area contributed by atoms with Crippen LogP contribution < -0.4 is 4.90 Å². The number of nitrogens with zero attached hydrogens (tertiary/aromatic N) is 4. The quantitative estimate of drug-likeness (QED) is 0.662. The van der Waals surface area contributed by atoms with Crippen molar-refractivity contribution in [2.24, 2.45) is 0 Å². The molecule has 0 saturated carbocycles. The van der Waals surface area contributed by atoms with Gasteiger partial charge in [0.25, 0.3) is 0 Å². The number of fused-ring (bicyclic) bond motifs is 1. The van der Waals surface area contributed by atoms with E-state index in [2.05, 4.69) is 47.1 Å². The topological polar surface area (TPSA) is 39.7 Å². The second kappa shape index (κ2) is 8.29. The number of carbonyl (C=O) groups excluding carboxylic acids is 1. The first-order valence-corrected chi connectivity index (χ1v) is 10.6. The van der Waals surface area contributed by atoms with E-state index in [1.807, 2.05) is 36.2 Å². The maximum absolute atomic E-state index is 12.8. The predicted octanol–water partition coefficient (Wildman–Crippen LogP) is 3.64. The van der Waals surface area contributed by atoms with Crippen LogP contribution in [-0.4, -0.2) is 60.5 Å². The Kier molecular flexibility index (Phi) is 5.59. The molecule has 28 heavy (non-hydrogen) atoms. The number of thiazole rings is 1. The van der Waals surface area contributed by atoms with Crippen LogP contribution in [0, 0.1) is 0 Å². The van der Waals surface area contributed by atoms with E-state index in [4.69, 9.17) is 4.98 Å². The van der Waals surface area contributed by atoms with Crippen molar-refractivity contribution in [2.45, 2.75) is 13.0 Å². The Hall–Kier alpha value is -2.44. The van der Waals surface area contributed by atoms with E-state index in [9.17, 15) is 4.79 Å². The van der Waals surface area contributed by atoms with E-state index in [1.165, 1.54) is 10.4 Å². The Morgan fingerprint density at radius 1 is 1.07 bits per heavy atom. The number of likely N-dealkylation sites (N-methyl/N-ethyl adjacent to an activating group) is 1. The van der Waals surface area contributed by atoms with Crippen LogP contribution >= 0.6 is 11.3 Å². The Morgan fingerprint density at radius 3 is 2.46 bits per heavy atom. The fourth-order valence-corrected chi connectivity index (χ4v) is 4.65. The van der Waals surface area contributed by atoms with Gasteiger partial charge in [-0.2, -0.15) is 0 Å². The van der Waals surface area contributed by atoms with Crippen LogP contribution in [0.5, 0.6) is 0 Å². The van der Waals surface area contributed by atoms with Crippen LogP contribution in [0.2, 0.25) is 0 Å². The molecule has 1 aliphatic heterocycles. The van der Waals surface area contributed by atoms with E-state index in [-0.39, 0.29) is 11.9 Å². The van der Waals surface area contributed by atoms with Gasteiger partial charge in [0.2, 0.25) is 5.91 Å². The molecule has 2 aromatic carbocycles. The molecule has 3 aromatic rings. The highest BCUT2D eigenvalue weighted by molar-refractivity contribution is 7.18. The number of hydrogen-bond acceptors (Lipinski definition) is 5. The van der Waals surface area contributed by atoms with Crippen molar-refractivity contribution in [3.63, 3.8) is 0 Å². The molecule has 2 heterocycles. The number of para-hydroxylation sites is 2. The Labute approximate surface area is 170 Å². The fourth-order valence-electron chi connectivity index (χ4n) is 3.56. The standard InChI is InChI=1S/C22H26N4OS/c1-17(22-23-19-10-6-7-11-20(19)28-22)24(2)16-21(27)26-14-12-25(13-15-26)18-8-4-3-5-9-18/h3-11,17H,12-16H2,1-2H3/t17-/m0/s1. The van der Waals surface area contributed by atoms with Crippen molar-refractivity contribution in [1.29, 1.82) is 0 Å². The average molecular weight is 395 g/mol. The zero-order valence-electron chi connectivity index (χ0n) is 16.4. The third-order valence-electron chi connectivity index (χ3n) is 5.47. The van der Waals surface area contributed by atoms with E-state index >= 15 is 0 Å². The number of aromatic nitrogens is 1. The van der Waals surface area contributed by atoms with Gasteiger partial charge in [-0.1, -0.05) is 30.3 Å². The first kappa shape index (κ1) is 18.9. The van der Waals surface area contributed by atoms with E-state index in [0.717, 1.165) is 36.7 Å². The zero-order chi connectivity index (χ0) is 19.5. The SMILES string of the molecule is C[C@@H](c1nc2ccccc2s1)N(C)CC(=O)N1CCN(c2ccccc2)CC1. The lowest BCUT2D eigenvalue weighted by Crippen LogP contribution is -2.51. The zero-order valence-corrected chi connectivity index (χ0v) is 17.2. The van der Waals surface area contributed by atoms with Gasteiger partial charge < -0.3 is 9.80 Å². The molecule has 4 rings (SSSR count). The smallest absolute Gasteiger partial charge is 0.236 e. The molecule has 146 valence electrons. The van der Waals surface area contributed by atoms with Crippen molar-refractivity contribution < 1.29 is 4.79 Å². The lowest BCUT2D eigenvalue weighted by Gasteiger charge is -2.37. The summed E-state index contributed by atoms with van der Waals surface area (Å²) < 4.78 is 1.20. The van der Waals surface area contributed by atoms with Crippen molar-refractivity contribution in [1.82, 2.24) is 14.8 Å². The van der Waals surface area contributed by atoms with Crippen molar-refractivity contribution in [2.75, 3.05) is 44.7 Å². The van der Waals surface area contributed by atoms with Gasteiger partial charge in [-0.25, -0.2) is 4.98 Å². The lowest BCUT2D eigenvalue weighted by atomic mass is 10.2. The van der Waals surface area contributed by atoms with Crippen LogP contribution in [0.3, 0.4) is 0 Å². The molecule has 1 fully saturated rings. The van der Waals surface area contributed by atoms with E-state index < -0.39 is 0 Å². The van der Waals surface area contributed by atoms with Gasteiger partial charge >= 0.3 is 0 Å². The van der Waals surface area contributed by atoms with Gasteiger partial charge in [-0.15, -0.1) is 11.3 Å². The van der Waals surface area contributed by atoms with Crippen molar-refractivity contribution in [3.8, 4) is 0 Å². The molecule has 1 saturated heterocycles. The molecule has 0 radical (unpaired) electrons. The number of benzene rings is 2. The van der Waals surface area contributed by atoms with Gasteiger partial charge in [0.1, 0.15) is 5.01 Å². The molecular formula is C22H26N4OS. The van der Waals surface area contributed by atoms with Gasteiger partial charge in [0.05, 0.1) is 22.8 Å². The molecule has 1 aromatic heterocycles. The summed E-state index contributed by atoms with van der Waals surface area (Å²) in [5.74, 6) is 0.197. The molecule has 6 heteroatoms. The largest absolute Gasteiger partial charge is 0.368 e. The summed E-state index contributed by atoms with van der Waals surface area (Å²) in [6.07, 6.45) is 0. The predicted molar refractivity (Wildman–Crippen MR) is 116 cm³/mol. The van der Waals surface area contributed by atoms with Crippen LogP contribution in [0.25, 0.3) is 10.2 Å². The van der Waals surface area contributed by atoms with Gasteiger partial charge in [-0.3, -0.25) is 9.69 Å². The molecule has 1 atom stereocenters. The van der Waals surface area contributed by atoms with Crippen LogP contribution in [-0.2, 0) is 4.79 Å². The minimum absolute atomic E-state index is 0.118. The minimum atomic E-state index is 0.118. The molecular weight excluding hydrogens is 368 g/mol. The third-order valence-corrected chi connectivity index (χ3v) is 6.67. The highest BCUT2D eigenvalue weighted by Crippen LogP contribution is 2.28. The van der Waals surface area contributed by atoms with Crippen LogP contribution in [0.15, 0.2) is 54.6 Å². The molecule has 0 bridgehead atoms. The molecule has 0 unspecified atom stereocenters. The third kappa shape index (κ3) is 4.03. The summed E-state index contributed by atoms with van der Waals surface area (Å²) in [4.78, 5) is 24.0. The molecule has 1 aliphatic rings. The van der Waals surface area contributed by atoms with E-state index in [1.54, 1.807) is 11.3 Å². The summed E-state index contributed by atoms with van der Waals surface area (Å²) in [5.41, 5.74) is 2.27. The van der Waals surface area contributed by atoms with Crippen molar-refractivity contribution in [3.05, 3.63) is 59.6 Å². The second-order valence-electron chi connectivity index (χ2n) is 7.31. The highest BCUT2D eigenvalue weighted by atomic mass is 32.1. The Balaban J connectivity index is 1.33. The average Bonchev–Trinajstić information content (AvgIpc) is 3.18. The number of anilines is 1. The second-order valence-corrected chi connectivity index (χ2v) is 8.38. The summed E-state index contributed by atoms with van der Waals surface area (Å²) >= 11 is 1.71. The number of rotatable bonds is 5. The van der Waals surface area contributed by atoms with Crippen LogP contribution in [0.4, 0.5) is 5.69 Å². The maximum Gasteiger partial charge on any atom is 0.236 e. The molecule has 0 N–H and O–H groups in total. The normalized spacial score (nSPS) is 16.0. The first-order chi connectivity index (χ1) is 13.6. The fraction of sp³-hybridized carbons (Fsp3) is 0.364. The Bertz CT molecular complexity index is 901. The summed E-state index contributed by atoms with van der Waals surface area (Å²) in [6, 6.07) is 18.7. The lowest BCUT2D eigenvalue weighted by molar-refractivity contribution is -0.132. The molecule has 0 aliphatic carbocycles. The maximum atomic E-state index is 12.8. The minimum Gasteiger partial charge on any atom is -0.368 e. The van der Waals surface area contributed by atoms with Crippen molar-refractivity contribution >= 4 is 33.1 Å². The molecule has 1 amide bonds. The summed E-state index contributed by atoms with van der Waals surface area (Å²) in [5, 5.41) is 1.06. The highest BCUT2D eigenvalue weighted by Gasteiger charge is 2.24. The molecule has 0 spiro atoms. The summed E-state index contributed by atoms with van der Waals surface area (Å²) in [7, 11) is 2.01. The van der Waals surface area contributed by atoms with Gasteiger partial charge in [0, 0.05) is 31.9 Å². The van der Waals surface area contributed by atoms with Gasteiger partial charge in [-0.05, 0) is 38.2 Å². The van der Waals surface area contributed by atoms with Gasteiger partial charge in [0.15, 0.2) is 0 Å². The summed E-state index contributed by atoms with van der Waals surface area (Å²) in [6.45, 7) is 5.86. The Morgan fingerprint density at radius 2 is 1.75 bits per heavy atom. The number of carbonyl (C=O) groups is 1. The molecule has 5 nitrogen and oxygen atoms in total. The first-order valence-electron chi connectivity index (χ1n) is 9.75. The number of amides is 1.